The van der Waals surface area contributed by atoms with E-state index in [1.165, 1.54) is 18.4 Å². The summed E-state index contributed by atoms with van der Waals surface area (Å²) in [5.41, 5.74) is 0. The first-order chi connectivity index (χ1) is 8.11. The number of nitrogens with zero attached hydrogens (tertiary/aromatic N) is 2. The molecule has 1 aliphatic rings. The Kier molecular flexibility index (Phi) is 3.89. The Morgan fingerprint density at radius 2 is 2.18 bits per heavy atom. The van der Waals surface area contributed by atoms with Gasteiger partial charge in [0, 0.05) is 13.1 Å². The molecule has 0 amide bonds. The Morgan fingerprint density at radius 1 is 1.53 bits per heavy atom. The minimum atomic E-state index is -0.413. The molecule has 1 aliphatic heterocycles. The average Bonchev–Trinajstić information content (AvgIpc) is 2.71. The van der Waals surface area contributed by atoms with Crippen molar-refractivity contribution in [3.8, 4) is 0 Å². The van der Waals surface area contributed by atoms with E-state index < -0.39 is 5.97 Å². The average molecular weight is 275 g/mol. The predicted molar refractivity (Wildman–Crippen MR) is 69.1 cm³/mol. The van der Waals surface area contributed by atoms with E-state index in [0.29, 0.717) is 4.88 Å². The number of esters is 1. The maximum absolute atomic E-state index is 11.4. The molecule has 0 saturated carbocycles. The molecule has 2 rings (SSSR count). The molecule has 0 bridgehead atoms. The number of aromatic nitrogens is 1. The van der Waals surface area contributed by atoms with Crippen molar-refractivity contribution in [2.45, 2.75) is 19.8 Å². The molecule has 4 nitrogen and oxygen atoms in total. The van der Waals surface area contributed by atoms with Crippen LogP contribution in [0.5, 0.6) is 0 Å². The Hall–Kier alpha value is -0.810. The van der Waals surface area contributed by atoms with Crippen LogP contribution in [0.2, 0.25) is 5.15 Å². The van der Waals surface area contributed by atoms with E-state index >= 15 is 0 Å². The van der Waals surface area contributed by atoms with Gasteiger partial charge in [0.05, 0.1) is 7.11 Å². The van der Waals surface area contributed by atoms with Crippen LogP contribution in [0.3, 0.4) is 0 Å². The van der Waals surface area contributed by atoms with Gasteiger partial charge in [-0.05, 0) is 18.8 Å². The highest BCUT2D eigenvalue weighted by molar-refractivity contribution is 7.18. The topological polar surface area (TPSA) is 42.4 Å². The minimum Gasteiger partial charge on any atom is -0.465 e. The van der Waals surface area contributed by atoms with E-state index in [1.807, 2.05) is 0 Å². The summed E-state index contributed by atoms with van der Waals surface area (Å²) in [5, 5.41) is 1.07. The molecule has 1 aromatic heterocycles. The van der Waals surface area contributed by atoms with E-state index in [2.05, 4.69) is 21.5 Å². The smallest absolute Gasteiger partial charge is 0.351 e. The second-order valence-corrected chi connectivity index (χ2v) is 5.61. The maximum atomic E-state index is 11.4. The largest absolute Gasteiger partial charge is 0.465 e. The van der Waals surface area contributed by atoms with Gasteiger partial charge in [0.15, 0.2) is 15.2 Å². The van der Waals surface area contributed by atoms with Crippen molar-refractivity contribution < 1.29 is 9.53 Å². The van der Waals surface area contributed by atoms with Crippen molar-refractivity contribution in [1.29, 1.82) is 0 Å². The lowest BCUT2D eigenvalue weighted by atomic mass is 10.00. The first-order valence-electron chi connectivity index (χ1n) is 5.61. The Labute approximate surface area is 110 Å². The number of methoxy groups -OCH3 is 1. The minimum absolute atomic E-state index is 0.246. The predicted octanol–water partition coefficient (Wildman–Crippen LogP) is 2.82. The molecule has 2 heterocycles. The molecule has 0 atom stereocenters. The lowest BCUT2D eigenvalue weighted by molar-refractivity contribution is 0.0606. The zero-order chi connectivity index (χ0) is 12.4. The first kappa shape index (κ1) is 12.6. The zero-order valence-electron chi connectivity index (χ0n) is 9.90. The summed E-state index contributed by atoms with van der Waals surface area (Å²) in [5.74, 6) is 0.353. The number of rotatable bonds is 2. The van der Waals surface area contributed by atoms with E-state index in [4.69, 9.17) is 11.6 Å². The van der Waals surface area contributed by atoms with Gasteiger partial charge in [0.1, 0.15) is 0 Å². The first-order valence-corrected chi connectivity index (χ1v) is 6.81. The van der Waals surface area contributed by atoms with E-state index in [1.54, 1.807) is 0 Å². The van der Waals surface area contributed by atoms with Gasteiger partial charge in [0.2, 0.25) is 0 Å². The Balaban J connectivity index is 2.14. The van der Waals surface area contributed by atoms with Crippen molar-refractivity contribution >= 4 is 34.0 Å². The van der Waals surface area contributed by atoms with Crippen LogP contribution < -0.4 is 4.90 Å². The molecule has 0 N–H and O–H groups in total. The fourth-order valence-electron chi connectivity index (χ4n) is 1.84. The summed E-state index contributed by atoms with van der Waals surface area (Å²) in [4.78, 5) is 18.2. The van der Waals surface area contributed by atoms with Crippen molar-refractivity contribution in [2.24, 2.45) is 5.92 Å². The van der Waals surface area contributed by atoms with Crippen LogP contribution in [-0.4, -0.2) is 31.2 Å². The third-order valence-corrected chi connectivity index (χ3v) is 4.48. The van der Waals surface area contributed by atoms with Gasteiger partial charge in [-0.15, -0.1) is 0 Å². The van der Waals surface area contributed by atoms with E-state index in [-0.39, 0.29) is 5.15 Å². The number of hydrogen-bond donors (Lipinski definition) is 0. The van der Waals surface area contributed by atoms with Crippen LogP contribution in [0.4, 0.5) is 5.13 Å². The molecule has 0 radical (unpaired) electrons. The molecular formula is C11H15ClN2O2S. The van der Waals surface area contributed by atoms with Gasteiger partial charge >= 0.3 is 5.97 Å². The fraction of sp³-hybridized carbons (Fsp3) is 0.636. The lowest BCUT2D eigenvalue weighted by Crippen LogP contribution is -2.32. The van der Waals surface area contributed by atoms with Crippen molar-refractivity contribution in [2.75, 3.05) is 25.1 Å². The molecule has 1 saturated heterocycles. The molecule has 0 aromatic carbocycles. The molecule has 94 valence electrons. The number of thiazole rings is 1. The molecule has 17 heavy (non-hydrogen) atoms. The molecule has 6 heteroatoms. The molecule has 0 spiro atoms. The summed E-state index contributed by atoms with van der Waals surface area (Å²) in [6, 6.07) is 0. The number of ether oxygens (including phenoxy) is 1. The second kappa shape index (κ2) is 5.23. The monoisotopic (exact) mass is 274 g/mol. The van der Waals surface area contributed by atoms with Gasteiger partial charge in [0.25, 0.3) is 0 Å². The third-order valence-electron chi connectivity index (χ3n) is 3.00. The highest BCUT2D eigenvalue weighted by Crippen LogP contribution is 2.32. The molecule has 0 aliphatic carbocycles. The summed E-state index contributed by atoms with van der Waals surface area (Å²) in [7, 11) is 1.35. The number of carbonyl (C=O) groups is 1. The number of hydrogen-bond acceptors (Lipinski definition) is 5. The van der Waals surface area contributed by atoms with Crippen LogP contribution in [0.25, 0.3) is 0 Å². The zero-order valence-corrected chi connectivity index (χ0v) is 11.5. The third kappa shape index (κ3) is 2.72. The SMILES string of the molecule is COC(=O)c1sc(N2CCC(C)CC2)nc1Cl. The van der Waals surface area contributed by atoms with Crippen molar-refractivity contribution in [3.05, 3.63) is 10.0 Å². The number of carbonyl (C=O) groups excluding carboxylic acids is 1. The van der Waals surface area contributed by atoms with Crippen LogP contribution in [0, 0.1) is 5.92 Å². The standard InChI is InChI=1S/C11H15ClN2O2S/c1-7-3-5-14(6-4-7)11-13-9(12)8(17-11)10(15)16-2/h7H,3-6H2,1-2H3. The summed E-state index contributed by atoms with van der Waals surface area (Å²) < 4.78 is 4.66. The number of halogens is 1. The molecular weight excluding hydrogens is 260 g/mol. The van der Waals surface area contributed by atoms with Gasteiger partial charge < -0.3 is 9.64 Å². The van der Waals surface area contributed by atoms with Gasteiger partial charge in [-0.2, -0.15) is 0 Å². The summed E-state index contributed by atoms with van der Waals surface area (Å²) >= 11 is 7.25. The van der Waals surface area contributed by atoms with E-state index in [9.17, 15) is 4.79 Å². The Bertz CT molecular complexity index is 414. The normalized spacial score (nSPS) is 17.2. The van der Waals surface area contributed by atoms with Crippen LogP contribution >= 0.6 is 22.9 Å². The van der Waals surface area contributed by atoms with Crippen molar-refractivity contribution in [1.82, 2.24) is 4.98 Å². The molecule has 1 aromatic rings. The summed E-state index contributed by atoms with van der Waals surface area (Å²) in [6.07, 6.45) is 2.31. The second-order valence-electron chi connectivity index (χ2n) is 4.28. The molecule has 1 fully saturated rings. The van der Waals surface area contributed by atoms with Crippen LogP contribution in [0.15, 0.2) is 0 Å². The van der Waals surface area contributed by atoms with Crippen LogP contribution in [-0.2, 0) is 4.74 Å². The maximum Gasteiger partial charge on any atom is 0.351 e. The quantitative estimate of drug-likeness (QED) is 0.778. The lowest BCUT2D eigenvalue weighted by Gasteiger charge is -2.29. The number of piperidine rings is 1. The van der Waals surface area contributed by atoms with Gasteiger partial charge in [-0.1, -0.05) is 29.9 Å². The van der Waals surface area contributed by atoms with Gasteiger partial charge in [-0.25, -0.2) is 9.78 Å². The van der Waals surface area contributed by atoms with E-state index in [0.717, 1.165) is 37.0 Å². The summed E-state index contributed by atoms with van der Waals surface area (Å²) in [6.45, 7) is 4.21. The highest BCUT2D eigenvalue weighted by atomic mass is 35.5. The number of anilines is 1. The van der Waals surface area contributed by atoms with Crippen molar-refractivity contribution in [3.63, 3.8) is 0 Å². The Morgan fingerprint density at radius 3 is 2.76 bits per heavy atom. The fourth-order valence-corrected chi connectivity index (χ4v) is 3.10. The van der Waals surface area contributed by atoms with Gasteiger partial charge in [-0.3, -0.25) is 0 Å². The highest BCUT2D eigenvalue weighted by Gasteiger charge is 2.23. The van der Waals surface area contributed by atoms with Crippen LogP contribution in [0.1, 0.15) is 29.4 Å². The molecule has 0 unspecified atom stereocenters.